The molecule has 1 aliphatic heterocycles. The van der Waals surface area contributed by atoms with Gasteiger partial charge in [0.15, 0.2) is 0 Å². The number of hydrogen-bond donors (Lipinski definition) is 1. The first-order valence-corrected chi connectivity index (χ1v) is 6.94. The third-order valence-electron chi connectivity index (χ3n) is 3.96. The van der Waals surface area contributed by atoms with E-state index in [1.54, 1.807) is 6.07 Å². The molecule has 0 saturated carbocycles. The molecule has 2 rings (SSSR count). The maximum atomic E-state index is 9.93. The molecule has 3 heteroatoms. The number of likely N-dealkylation sites (tertiary alicyclic amines) is 1. The molecule has 100 valence electrons. The van der Waals surface area contributed by atoms with Gasteiger partial charge in [-0.2, -0.15) is 0 Å². The predicted molar refractivity (Wildman–Crippen MR) is 76.0 cm³/mol. The summed E-state index contributed by atoms with van der Waals surface area (Å²) in [6.45, 7) is 9.91. The van der Waals surface area contributed by atoms with Gasteiger partial charge in [-0.1, -0.05) is 44.5 Å². The largest absolute Gasteiger partial charge is 0.506 e. The van der Waals surface area contributed by atoms with Crippen molar-refractivity contribution in [2.45, 2.75) is 33.7 Å². The van der Waals surface area contributed by atoms with E-state index < -0.39 is 0 Å². The minimum atomic E-state index is 0.235. The maximum Gasteiger partial charge on any atom is 0.138 e. The summed E-state index contributed by atoms with van der Waals surface area (Å²) in [7, 11) is 0. The maximum absolute atomic E-state index is 9.93. The predicted octanol–water partition coefficient (Wildman–Crippen LogP) is 3.91. The van der Waals surface area contributed by atoms with Crippen LogP contribution in [0, 0.1) is 11.3 Å². The van der Waals surface area contributed by atoms with Crippen LogP contribution in [0.15, 0.2) is 18.2 Å². The van der Waals surface area contributed by atoms with Gasteiger partial charge in [0.05, 0.1) is 5.02 Å². The van der Waals surface area contributed by atoms with E-state index in [0.717, 1.165) is 31.1 Å². The zero-order valence-electron chi connectivity index (χ0n) is 11.4. The average Bonchev–Trinajstić information content (AvgIpc) is 2.73. The molecule has 0 bridgehead atoms. The summed E-state index contributed by atoms with van der Waals surface area (Å²) in [4.78, 5) is 2.40. The average molecular weight is 268 g/mol. The van der Waals surface area contributed by atoms with Crippen LogP contribution in [0.4, 0.5) is 0 Å². The number of nitrogens with zero attached hydrogens (tertiary/aromatic N) is 1. The van der Waals surface area contributed by atoms with E-state index in [0.29, 0.717) is 10.4 Å². The second kappa shape index (κ2) is 5.10. The number of hydrogen-bond acceptors (Lipinski definition) is 2. The molecular weight excluding hydrogens is 246 g/mol. The van der Waals surface area contributed by atoms with Gasteiger partial charge in [-0.3, -0.25) is 4.90 Å². The molecule has 0 aromatic heterocycles. The molecular formula is C15H22ClNO. The van der Waals surface area contributed by atoms with Crippen molar-refractivity contribution in [1.82, 2.24) is 4.90 Å². The summed E-state index contributed by atoms with van der Waals surface area (Å²) in [6, 6.07) is 5.57. The quantitative estimate of drug-likeness (QED) is 0.878. The first kappa shape index (κ1) is 13.7. The van der Waals surface area contributed by atoms with Crippen LogP contribution in [-0.4, -0.2) is 23.1 Å². The van der Waals surface area contributed by atoms with Crippen molar-refractivity contribution in [1.29, 1.82) is 0 Å². The smallest absolute Gasteiger partial charge is 0.138 e. The lowest BCUT2D eigenvalue weighted by molar-refractivity contribution is 0.225. The standard InChI is InChI=1S/C15H22ClNO/c1-15(2,3)12-7-8-17(10-12)9-11-5-4-6-13(16)14(11)18/h4-6,12,18H,7-10H2,1-3H3. The molecule has 18 heavy (non-hydrogen) atoms. The summed E-state index contributed by atoms with van der Waals surface area (Å²) in [6.07, 6.45) is 1.24. The van der Waals surface area contributed by atoms with E-state index in [2.05, 4.69) is 25.7 Å². The molecule has 0 spiro atoms. The summed E-state index contributed by atoms with van der Waals surface area (Å²) in [5.41, 5.74) is 1.29. The van der Waals surface area contributed by atoms with Gasteiger partial charge in [0.1, 0.15) is 5.75 Å². The normalized spacial score (nSPS) is 21.4. The lowest BCUT2D eigenvalue weighted by Crippen LogP contribution is -2.25. The van der Waals surface area contributed by atoms with Crippen LogP contribution in [0.3, 0.4) is 0 Å². The number of aromatic hydroxyl groups is 1. The molecule has 1 atom stereocenters. The Balaban J connectivity index is 2.02. The number of rotatable bonds is 2. The second-order valence-electron chi connectivity index (χ2n) is 6.33. The van der Waals surface area contributed by atoms with Crippen LogP contribution in [-0.2, 0) is 6.54 Å². The minimum absolute atomic E-state index is 0.235. The number of benzene rings is 1. The fourth-order valence-electron chi connectivity index (χ4n) is 2.61. The van der Waals surface area contributed by atoms with Gasteiger partial charge in [0, 0.05) is 18.7 Å². The zero-order chi connectivity index (χ0) is 13.3. The van der Waals surface area contributed by atoms with Gasteiger partial charge in [-0.15, -0.1) is 0 Å². The van der Waals surface area contributed by atoms with E-state index >= 15 is 0 Å². The van der Waals surface area contributed by atoms with Crippen LogP contribution in [0.1, 0.15) is 32.8 Å². The lowest BCUT2D eigenvalue weighted by atomic mass is 9.80. The highest BCUT2D eigenvalue weighted by atomic mass is 35.5. The fourth-order valence-corrected chi connectivity index (χ4v) is 2.81. The van der Waals surface area contributed by atoms with Gasteiger partial charge in [-0.05, 0) is 30.4 Å². The Kier molecular flexibility index (Phi) is 3.88. The highest BCUT2D eigenvalue weighted by Crippen LogP contribution is 2.35. The van der Waals surface area contributed by atoms with Crippen molar-refractivity contribution >= 4 is 11.6 Å². The first-order chi connectivity index (χ1) is 8.38. The number of phenols is 1. The van der Waals surface area contributed by atoms with Crippen LogP contribution >= 0.6 is 11.6 Å². The molecule has 1 heterocycles. The van der Waals surface area contributed by atoms with Crippen LogP contribution in [0.2, 0.25) is 5.02 Å². The Labute approximate surface area is 115 Å². The summed E-state index contributed by atoms with van der Waals surface area (Å²) in [5.74, 6) is 0.970. The van der Waals surface area contributed by atoms with Crippen molar-refractivity contribution in [3.8, 4) is 5.75 Å². The molecule has 0 radical (unpaired) electrons. The Morgan fingerprint density at radius 1 is 1.39 bits per heavy atom. The van der Waals surface area contributed by atoms with Crippen molar-refractivity contribution in [3.63, 3.8) is 0 Å². The van der Waals surface area contributed by atoms with Gasteiger partial charge in [-0.25, -0.2) is 0 Å². The summed E-state index contributed by atoms with van der Waals surface area (Å²) < 4.78 is 0. The Morgan fingerprint density at radius 2 is 2.11 bits per heavy atom. The molecule has 0 amide bonds. The third kappa shape index (κ3) is 2.99. The lowest BCUT2D eigenvalue weighted by Gasteiger charge is -2.27. The SMILES string of the molecule is CC(C)(C)C1CCN(Cc2cccc(Cl)c2O)C1. The number of halogens is 1. The molecule has 1 aromatic carbocycles. The molecule has 1 saturated heterocycles. The van der Waals surface area contributed by atoms with Gasteiger partial charge in [0.2, 0.25) is 0 Å². The molecule has 1 N–H and O–H groups in total. The van der Waals surface area contributed by atoms with Crippen LogP contribution in [0.5, 0.6) is 5.75 Å². The Hall–Kier alpha value is -0.730. The van der Waals surface area contributed by atoms with Gasteiger partial charge >= 0.3 is 0 Å². The first-order valence-electron chi connectivity index (χ1n) is 6.56. The van der Waals surface area contributed by atoms with Crippen molar-refractivity contribution in [2.75, 3.05) is 13.1 Å². The zero-order valence-corrected chi connectivity index (χ0v) is 12.2. The third-order valence-corrected chi connectivity index (χ3v) is 4.27. The number of para-hydroxylation sites is 1. The van der Waals surface area contributed by atoms with E-state index in [1.807, 2.05) is 12.1 Å². The van der Waals surface area contributed by atoms with Crippen molar-refractivity contribution < 1.29 is 5.11 Å². The second-order valence-corrected chi connectivity index (χ2v) is 6.74. The van der Waals surface area contributed by atoms with Crippen molar-refractivity contribution in [3.05, 3.63) is 28.8 Å². The molecule has 0 aliphatic carbocycles. The van der Waals surface area contributed by atoms with Crippen LogP contribution < -0.4 is 0 Å². The summed E-state index contributed by atoms with van der Waals surface area (Å²) in [5, 5.41) is 10.4. The topological polar surface area (TPSA) is 23.5 Å². The van der Waals surface area contributed by atoms with E-state index in [-0.39, 0.29) is 5.75 Å². The molecule has 1 aliphatic rings. The fraction of sp³-hybridized carbons (Fsp3) is 0.600. The Morgan fingerprint density at radius 3 is 2.72 bits per heavy atom. The van der Waals surface area contributed by atoms with E-state index in [9.17, 15) is 5.11 Å². The van der Waals surface area contributed by atoms with E-state index in [4.69, 9.17) is 11.6 Å². The molecule has 1 fully saturated rings. The summed E-state index contributed by atoms with van der Waals surface area (Å²) >= 11 is 5.93. The Bertz CT molecular complexity index is 425. The monoisotopic (exact) mass is 267 g/mol. The van der Waals surface area contributed by atoms with Gasteiger partial charge < -0.3 is 5.11 Å². The van der Waals surface area contributed by atoms with Crippen molar-refractivity contribution in [2.24, 2.45) is 11.3 Å². The van der Waals surface area contributed by atoms with E-state index in [1.165, 1.54) is 6.42 Å². The highest BCUT2D eigenvalue weighted by molar-refractivity contribution is 6.32. The highest BCUT2D eigenvalue weighted by Gasteiger charge is 2.31. The molecule has 1 unspecified atom stereocenters. The molecule has 2 nitrogen and oxygen atoms in total. The van der Waals surface area contributed by atoms with Crippen LogP contribution in [0.25, 0.3) is 0 Å². The number of phenolic OH excluding ortho intramolecular Hbond substituents is 1. The molecule has 1 aromatic rings. The van der Waals surface area contributed by atoms with Gasteiger partial charge in [0.25, 0.3) is 0 Å². The minimum Gasteiger partial charge on any atom is -0.506 e.